The second-order valence-electron chi connectivity index (χ2n) is 13.0. The van der Waals surface area contributed by atoms with E-state index in [0.29, 0.717) is 44.4 Å². The molecule has 0 aliphatic carbocycles. The molecule has 74 heavy (non-hydrogen) atoms. The van der Waals surface area contributed by atoms with Gasteiger partial charge in [0.15, 0.2) is 15.4 Å². The first kappa shape index (κ1) is 70.2. The van der Waals surface area contributed by atoms with Gasteiger partial charge in [0.2, 0.25) is 0 Å². The number of hydrogen-bond acceptors (Lipinski definition) is 11. The summed E-state index contributed by atoms with van der Waals surface area (Å²) in [5.74, 6) is -1.91. The number of amides is 2. The summed E-state index contributed by atoms with van der Waals surface area (Å²) in [6.07, 6.45) is 0. The van der Waals surface area contributed by atoms with Gasteiger partial charge in [0, 0.05) is 68.1 Å². The van der Waals surface area contributed by atoms with Crippen LogP contribution in [-0.2, 0) is 0 Å². The Morgan fingerprint density at radius 3 is 1.49 bits per heavy atom. The van der Waals surface area contributed by atoms with Crippen LogP contribution in [0.5, 0.6) is 0 Å². The van der Waals surface area contributed by atoms with Crippen molar-refractivity contribution in [2.45, 2.75) is 7.43 Å². The van der Waals surface area contributed by atoms with Gasteiger partial charge >= 0.3 is 29.6 Å². The molecule has 24 heteroatoms. The molecule has 8 rings (SSSR count). The maximum Gasteiger partial charge on any atom is 1.00 e. The van der Waals surface area contributed by atoms with Crippen LogP contribution in [0.3, 0.4) is 0 Å². The molecule has 0 aliphatic heterocycles. The van der Waals surface area contributed by atoms with E-state index < -0.39 is 5.24 Å². The van der Waals surface area contributed by atoms with Crippen molar-refractivity contribution < 1.29 is 67.0 Å². The maximum absolute atomic E-state index is 13.0. The summed E-state index contributed by atoms with van der Waals surface area (Å²) in [4.78, 5) is 40.4. The van der Waals surface area contributed by atoms with Crippen molar-refractivity contribution in [2.75, 3.05) is 22.1 Å². The summed E-state index contributed by atoms with van der Waals surface area (Å²) in [6, 6.07) is 48.2. The van der Waals surface area contributed by atoms with Crippen LogP contribution in [0.25, 0.3) is 10.2 Å². The average Bonchev–Trinajstić information content (AvgIpc) is 3.73. The molecule has 12 nitrogen and oxygen atoms in total. The number of benzene rings is 7. The van der Waals surface area contributed by atoms with Crippen LogP contribution in [0.2, 0.25) is 0 Å². The normalized spacial score (nSPS) is 8.85. The SMILES string of the molecule is BrBr.C.NC(=S)Nc1cccc(F)c1.Nc1cccc(F)c1.Nc1nc2cc(F)ccc2s1.O=C(Cl)c1ccccc1.O=C(N=C=S)c1ccccc1.O=C(NC(=S)Nc1cccc(F)c1)c1ccccc1.[Na+].[OH-]. The van der Waals surface area contributed by atoms with Crippen molar-refractivity contribution in [3.05, 3.63) is 222 Å². The third-order valence-electron chi connectivity index (χ3n) is 7.82. The second kappa shape index (κ2) is 40.5. The Hall–Kier alpha value is -5.85. The molecular formula is C50H44Br2ClF4N8NaO4S4. The Morgan fingerprint density at radius 2 is 1.07 bits per heavy atom. The number of fused-ring (bicyclic) bond motifs is 1. The van der Waals surface area contributed by atoms with E-state index in [0.717, 1.165) is 4.70 Å². The number of nitrogens with zero attached hydrogens (tertiary/aromatic N) is 2. The Labute approximate surface area is 487 Å². The van der Waals surface area contributed by atoms with E-state index in [-0.39, 0.29) is 87.8 Å². The van der Waals surface area contributed by atoms with Crippen molar-refractivity contribution in [1.82, 2.24) is 10.3 Å². The number of rotatable bonds is 5. The van der Waals surface area contributed by atoms with Gasteiger partial charge in [-0.3, -0.25) is 19.7 Å². The minimum absolute atomic E-state index is 0. The molecule has 0 spiro atoms. The molecule has 1 aromatic heterocycles. The molecule has 2 amide bonds. The zero-order chi connectivity index (χ0) is 52.6. The Kier molecular flexibility index (Phi) is 38.5. The number of carbonyl (C=O) groups excluding carboxylic acids is 3. The van der Waals surface area contributed by atoms with Gasteiger partial charge in [-0.25, -0.2) is 22.5 Å². The summed E-state index contributed by atoms with van der Waals surface area (Å²) >= 11 is 25.9. The van der Waals surface area contributed by atoms with Crippen LogP contribution in [0.1, 0.15) is 38.5 Å². The number of halogens is 7. The number of aromatic nitrogens is 1. The molecule has 1 heterocycles. The largest absolute Gasteiger partial charge is 1.00 e. The van der Waals surface area contributed by atoms with E-state index in [1.54, 1.807) is 115 Å². The Balaban J connectivity index is 0. The molecule has 0 aliphatic rings. The van der Waals surface area contributed by atoms with Gasteiger partial charge in [-0.2, -0.15) is 4.99 Å². The number of hydrogen-bond donors (Lipinski definition) is 6. The van der Waals surface area contributed by atoms with E-state index in [1.807, 2.05) is 23.4 Å². The molecule has 0 saturated carbocycles. The Morgan fingerprint density at radius 1 is 0.622 bits per heavy atom. The molecule has 0 unspecified atom stereocenters. The first-order valence-electron chi connectivity index (χ1n) is 19.7. The summed E-state index contributed by atoms with van der Waals surface area (Å²) in [5, 5.41) is 10.2. The summed E-state index contributed by atoms with van der Waals surface area (Å²) in [5.41, 5.74) is 19.5. The Bertz CT molecular complexity index is 3000. The fourth-order valence-electron chi connectivity index (χ4n) is 4.88. The summed E-state index contributed by atoms with van der Waals surface area (Å²) < 4.78 is 51.0. The van der Waals surface area contributed by atoms with Crippen molar-refractivity contribution in [2.24, 2.45) is 10.7 Å². The number of nitrogens with two attached hydrogens (primary N) is 3. The number of aliphatic imine (C=N–C) groups is 1. The number of isothiocyanates is 1. The average molecular weight is 1240 g/mol. The molecular weight excluding hydrogens is 1200 g/mol. The standard InChI is InChI=1S/C14H11FN2OS.C8H5NOS.C7H5ClO.C7H5FN2S.C7H7FN2S.C6H6FN.CH4.Br2.Na.H2O/c15-11-7-4-8-12(9-11)16-14(19)17-13(18)10-5-2-1-3-6-10;10-8(9-6-11)7-4-2-1-3-5-7;8-7(9)6-4-2-1-3-5-6;8-4-1-2-6-5(3-4)10-7(9)11-6;8-5-2-1-3-6(4-5)10-7(9)11;7-5-2-1-3-6(8)4-5;;1-2;;/h1-9H,(H2,16,17,18,19);1-5H;1-5H;1-3H,(H2,9,10);1-4H,(H3,9,10,11);1-4H,8H2;1H4;;;1H2/q;;;;;;;;+1;/p-1. The van der Waals surface area contributed by atoms with E-state index in [2.05, 4.69) is 78.6 Å². The van der Waals surface area contributed by atoms with Crippen molar-refractivity contribution in [3.8, 4) is 0 Å². The zero-order valence-electron chi connectivity index (χ0n) is 37.9. The van der Waals surface area contributed by atoms with Gasteiger partial charge < -0.3 is 33.3 Å². The van der Waals surface area contributed by atoms with Gasteiger partial charge in [-0.05, 0) is 139 Å². The molecule has 0 radical (unpaired) electrons. The topological polar surface area (TPSA) is 221 Å². The molecule has 0 saturated heterocycles. The third kappa shape index (κ3) is 30.4. The molecule has 7 aromatic carbocycles. The molecule has 0 atom stereocenters. The van der Waals surface area contributed by atoms with E-state index in [4.69, 9.17) is 41.0 Å². The van der Waals surface area contributed by atoms with E-state index in [9.17, 15) is 31.9 Å². The number of nitrogens with one attached hydrogen (secondary N) is 3. The fraction of sp³-hybridized carbons (Fsp3) is 0.0200. The first-order valence-corrected chi connectivity index (χ1v) is 25.8. The molecule has 382 valence electrons. The smallest absolute Gasteiger partial charge is 0.870 e. The van der Waals surface area contributed by atoms with Crippen molar-refractivity contribution in [1.29, 1.82) is 0 Å². The molecule has 0 bridgehead atoms. The third-order valence-corrected chi connectivity index (χ3v) is 9.30. The van der Waals surface area contributed by atoms with Crippen molar-refractivity contribution in [3.63, 3.8) is 0 Å². The van der Waals surface area contributed by atoms with Crippen LogP contribution in [0.15, 0.2) is 187 Å². The van der Waals surface area contributed by atoms with E-state index >= 15 is 0 Å². The fourth-order valence-corrected chi connectivity index (χ4v) is 6.13. The van der Waals surface area contributed by atoms with E-state index in [1.165, 1.54) is 59.9 Å². The number of carbonyl (C=O) groups is 3. The molecule has 10 N–H and O–H groups in total. The van der Waals surface area contributed by atoms with Crippen LogP contribution in [0.4, 0.5) is 39.8 Å². The molecule has 0 fully saturated rings. The van der Waals surface area contributed by atoms with Gasteiger partial charge in [0.1, 0.15) is 23.3 Å². The second-order valence-corrected chi connectivity index (χ2v) is 15.5. The first-order chi connectivity index (χ1) is 34.0. The maximum atomic E-state index is 13.0. The van der Waals surface area contributed by atoms with Gasteiger partial charge in [0.05, 0.1) is 15.4 Å². The minimum Gasteiger partial charge on any atom is -0.870 e. The zero-order valence-corrected chi connectivity index (χ0v) is 47.1. The number of nitrogen functional groups attached to an aromatic ring is 2. The predicted octanol–water partition coefficient (Wildman–Crippen LogP) is 11.0. The van der Waals surface area contributed by atoms with Crippen molar-refractivity contribution >= 4 is 153 Å². The quantitative estimate of drug-likeness (QED) is 0.0236. The number of thiocarbonyl (C=S) groups is 3. The number of anilines is 4. The van der Waals surface area contributed by atoms with Crippen LogP contribution in [0, 0.1) is 23.3 Å². The van der Waals surface area contributed by atoms with Crippen LogP contribution >= 0.6 is 87.8 Å². The van der Waals surface area contributed by atoms with Crippen LogP contribution < -0.4 is 62.7 Å². The van der Waals surface area contributed by atoms with Gasteiger partial charge in [-0.1, -0.05) is 104 Å². The van der Waals surface area contributed by atoms with Gasteiger partial charge in [-0.15, -0.1) is 0 Å². The molecule has 8 aromatic rings. The monoisotopic (exact) mass is 1240 g/mol. The number of thiazole rings is 1. The summed E-state index contributed by atoms with van der Waals surface area (Å²) in [7, 11) is 0. The van der Waals surface area contributed by atoms with Crippen LogP contribution in [-0.4, -0.2) is 42.9 Å². The van der Waals surface area contributed by atoms with Gasteiger partial charge in [0.25, 0.3) is 17.1 Å². The minimum atomic E-state index is -0.407. The predicted molar refractivity (Wildman–Crippen MR) is 307 cm³/mol. The summed E-state index contributed by atoms with van der Waals surface area (Å²) in [6.45, 7) is 0.